The van der Waals surface area contributed by atoms with Crippen molar-refractivity contribution in [3.63, 3.8) is 0 Å². The molecule has 0 aliphatic carbocycles. The molecule has 23 heavy (non-hydrogen) atoms. The van der Waals surface area contributed by atoms with Crippen molar-refractivity contribution < 1.29 is 23.5 Å². The van der Waals surface area contributed by atoms with Gasteiger partial charge in [-0.1, -0.05) is 18.2 Å². The molecule has 1 amide bonds. The second kappa shape index (κ2) is 5.39. The molecule has 1 atom stereocenters. The van der Waals surface area contributed by atoms with E-state index in [0.717, 1.165) is 4.90 Å². The van der Waals surface area contributed by atoms with Crippen LogP contribution in [0.2, 0.25) is 0 Å². The lowest BCUT2D eigenvalue weighted by Crippen LogP contribution is -2.27. The summed E-state index contributed by atoms with van der Waals surface area (Å²) in [6.07, 6.45) is 0. The summed E-state index contributed by atoms with van der Waals surface area (Å²) in [5.74, 6) is -2.10. The van der Waals surface area contributed by atoms with Crippen LogP contribution in [-0.2, 0) is 4.79 Å². The van der Waals surface area contributed by atoms with Crippen LogP contribution in [-0.4, -0.2) is 28.7 Å². The maximum atomic E-state index is 14.1. The largest absolute Gasteiger partial charge is 0.503 e. The Kier molecular flexibility index (Phi) is 3.52. The van der Waals surface area contributed by atoms with Gasteiger partial charge in [-0.15, -0.1) is 0 Å². The second-order valence-electron chi connectivity index (χ2n) is 5.34. The van der Waals surface area contributed by atoms with E-state index in [0.29, 0.717) is 5.76 Å². The molecule has 1 aromatic carbocycles. The van der Waals surface area contributed by atoms with E-state index in [1.807, 2.05) is 0 Å². The summed E-state index contributed by atoms with van der Waals surface area (Å²) in [6.45, 7) is 1.67. The van der Waals surface area contributed by atoms with Gasteiger partial charge in [0.1, 0.15) is 11.6 Å². The zero-order valence-corrected chi connectivity index (χ0v) is 12.5. The van der Waals surface area contributed by atoms with E-state index < -0.39 is 29.3 Å². The molecule has 1 aliphatic rings. The molecule has 0 fully saturated rings. The van der Waals surface area contributed by atoms with Gasteiger partial charge in [-0.05, 0) is 25.1 Å². The van der Waals surface area contributed by atoms with Gasteiger partial charge >= 0.3 is 0 Å². The molecule has 118 valence electrons. The van der Waals surface area contributed by atoms with Crippen LogP contribution in [0.4, 0.5) is 4.39 Å². The third-order valence-corrected chi connectivity index (χ3v) is 3.85. The third-order valence-electron chi connectivity index (χ3n) is 3.85. The number of carbonyl (C=O) groups excluding carboxylic acids is 2. The summed E-state index contributed by atoms with van der Waals surface area (Å²) in [6, 6.07) is 7.89. The van der Waals surface area contributed by atoms with Crippen molar-refractivity contribution in [2.24, 2.45) is 0 Å². The minimum absolute atomic E-state index is 0.00603. The Labute approximate surface area is 131 Å². The molecule has 5 nitrogen and oxygen atoms in total. The van der Waals surface area contributed by atoms with Gasteiger partial charge in [0.05, 0.1) is 11.6 Å². The first-order valence-corrected chi connectivity index (χ1v) is 6.97. The monoisotopic (exact) mass is 315 g/mol. The molecule has 0 spiro atoms. The van der Waals surface area contributed by atoms with Crippen molar-refractivity contribution in [2.75, 3.05) is 7.05 Å². The third kappa shape index (κ3) is 2.32. The summed E-state index contributed by atoms with van der Waals surface area (Å²) >= 11 is 0. The van der Waals surface area contributed by atoms with Crippen LogP contribution in [0.1, 0.15) is 27.9 Å². The predicted molar refractivity (Wildman–Crippen MR) is 79.3 cm³/mol. The van der Waals surface area contributed by atoms with E-state index in [2.05, 4.69) is 0 Å². The maximum absolute atomic E-state index is 14.1. The number of hydrogen-bond donors (Lipinski definition) is 1. The number of likely N-dealkylation sites (N-methyl/N-ethyl adjacent to an activating group) is 1. The molecule has 1 unspecified atom stereocenters. The summed E-state index contributed by atoms with van der Waals surface area (Å²) in [4.78, 5) is 25.8. The normalized spacial score (nSPS) is 18.0. The predicted octanol–water partition coefficient (Wildman–Crippen LogP) is 2.94. The molecule has 6 heteroatoms. The molecular weight excluding hydrogens is 301 g/mol. The van der Waals surface area contributed by atoms with E-state index in [4.69, 9.17) is 4.42 Å². The fourth-order valence-corrected chi connectivity index (χ4v) is 2.70. The molecule has 1 N–H and O–H groups in total. The Bertz CT molecular complexity index is 837. The van der Waals surface area contributed by atoms with Gasteiger partial charge in [0, 0.05) is 12.6 Å². The van der Waals surface area contributed by atoms with Gasteiger partial charge in [0.2, 0.25) is 5.78 Å². The zero-order chi connectivity index (χ0) is 16.7. The Morgan fingerprint density at radius 2 is 1.96 bits per heavy atom. The highest BCUT2D eigenvalue weighted by molar-refractivity contribution is 6.14. The lowest BCUT2D eigenvalue weighted by atomic mass is 9.95. The number of halogens is 1. The van der Waals surface area contributed by atoms with Crippen LogP contribution in [0.15, 0.2) is 52.1 Å². The van der Waals surface area contributed by atoms with Gasteiger partial charge < -0.3 is 14.4 Å². The van der Waals surface area contributed by atoms with Crippen LogP contribution >= 0.6 is 0 Å². The van der Waals surface area contributed by atoms with Crippen LogP contribution in [0.25, 0.3) is 0 Å². The minimum Gasteiger partial charge on any atom is -0.503 e. The lowest BCUT2D eigenvalue weighted by Gasteiger charge is -2.22. The summed E-state index contributed by atoms with van der Waals surface area (Å²) in [5.41, 5.74) is -0.0454. The highest BCUT2D eigenvalue weighted by Gasteiger charge is 2.43. The van der Waals surface area contributed by atoms with E-state index in [-0.39, 0.29) is 16.9 Å². The SMILES string of the molecule is Cc1ccc(C(=O)C2=C(O)C(=O)N(C)C2c2ccccc2F)o1. The molecular formula is C17H14FNO4. The number of nitrogens with zero attached hydrogens (tertiary/aromatic N) is 1. The van der Waals surface area contributed by atoms with E-state index in [1.165, 1.54) is 31.3 Å². The number of furan rings is 1. The van der Waals surface area contributed by atoms with Gasteiger partial charge in [0.25, 0.3) is 5.91 Å². The smallest absolute Gasteiger partial charge is 0.289 e. The number of ketones is 1. The van der Waals surface area contributed by atoms with Crippen LogP contribution in [0.5, 0.6) is 0 Å². The van der Waals surface area contributed by atoms with Crippen molar-refractivity contribution >= 4 is 11.7 Å². The minimum atomic E-state index is -0.999. The van der Waals surface area contributed by atoms with Crippen LogP contribution in [0.3, 0.4) is 0 Å². The van der Waals surface area contributed by atoms with Gasteiger partial charge in [-0.2, -0.15) is 0 Å². The average Bonchev–Trinajstić information content (AvgIpc) is 3.05. The number of aryl methyl sites for hydroxylation is 1. The summed E-state index contributed by atoms with van der Waals surface area (Å²) < 4.78 is 19.4. The molecule has 0 saturated heterocycles. The first-order chi connectivity index (χ1) is 10.9. The highest BCUT2D eigenvalue weighted by Crippen LogP contribution is 2.38. The van der Waals surface area contributed by atoms with Crippen molar-refractivity contribution in [1.29, 1.82) is 0 Å². The lowest BCUT2D eigenvalue weighted by molar-refractivity contribution is -0.128. The number of hydrogen-bond acceptors (Lipinski definition) is 4. The molecule has 2 heterocycles. The van der Waals surface area contributed by atoms with Gasteiger partial charge in [-0.3, -0.25) is 9.59 Å². The first kappa shape index (κ1) is 15.0. The van der Waals surface area contributed by atoms with E-state index in [1.54, 1.807) is 19.1 Å². The molecule has 0 bridgehead atoms. The first-order valence-electron chi connectivity index (χ1n) is 6.97. The summed E-state index contributed by atoms with van der Waals surface area (Å²) in [7, 11) is 1.41. The Hall–Kier alpha value is -2.89. The fourth-order valence-electron chi connectivity index (χ4n) is 2.70. The molecule has 2 aromatic rings. The number of aliphatic hydroxyl groups is 1. The molecule has 1 aliphatic heterocycles. The fraction of sp³-hybridized carbons (Fsp3) is 0.176. The quantitative estimate of drug-likeness (QED) is 0.884. The molecule has 3 rings (SSSR count). The second-order valence-corrected chi connectivity index (χ2v) is 5.34. The number of rotatable bonds is 3. The topological polar surface area (TPSA) is 70.8 Å². The van der Waals surface area contributed by atoms with Crippen molar-refractivity contribution in [3.8, 4) is 0 Å². The van der Waals surface area contributed by atoms with Crippen molar-refractivity contribution in [2.45, 2.75) is 13.0 Å². The highest BCUT2D eigenvalue weighted by atomic mass is 19.1. The molecule has 0 radical (unpaired) electrons. The van der Waals surface area contributed by atoms with E-state index in [9.17, 15) is 19.1 Å². The number of Topliss-reactive ketones (excluding diaryl/α,β-unsaturated/α-hetero) is 1. The number of amides is 1. The van der Waals surface area contributed by atoms with Crippen LogP contribution < -0.4 is 0 Å². The van der Waals surface area contributed by atoms with E-state index >= 15 is 0 Å². The Morgan fingerprint density at radius 3 is 2.57 bits per heavy atom. The van der Waals surface area contributed by atoms with Crippen molar-refractivity contribution in [3.05, 3.63) is 70.6 Å². The number of aliphatic hydroxyl groups excluding tert-OH is 1. The van der Waals surface area contributed by atoms with Crippen LogP contribution in [0, 0.1) is 12.7 Å². The molecule has 1 aromatic heterocycles. The van der Waals surface area contributed by atoms with Gasteiger partial charge in [0.15, 0.2) is 11.5 Å². The van der Waals surface area contributed by atoms with Gasteiger partial charge in [-0.25, -0.2) is 4.39 Å². The number of carbonyl (C=O) groups is 2. The maximum Gasteiger partial charge on any atom is 0.289 e. The summed E-state index contributed by atoms with van der Waals surface area (Å²) in [5, 5.41) is 10.1. The number of benzene rings is 1. The Balaban J connectivity index is 2.13. The zero-order valence-electron chi connectivity index (χ0n) is 12.5. The Morgan fingerprint density at radius 1 is 1.26 bits per heavy atom. The molecule has 0 saturated carbocycles. The van der Waals surface area contributed by atoms with Crippen molar-refractivity contribution in [1.82, 2.24) is 4.90 Å². The average molecular weight is 315 g/mol. The standard InChI is InChI=1S/C17H14FNO4/c1-9-7-8-12(23-9)15(20)13-14(19(2)17(22)16(13)21)10-5-3-4-6-11(10)18/h3-8,14,21H,1-2H3.